The Morgan fingerprint density at radius 2 is 1.39 bits per heavy atom. The first-order chi connectivity index (χ1) is 11.3. The molecular formula is C20H15N3. The van der Waals surface area contributed by atoms with Crippen LogP contribution in [0, 0.1) is 6.92 Å². The molecule has 0 bridgehead atoms. The van der Waals surface area contributed by atoms with Crippen LogP contribution in [0.25, 0.3) is 33.4 Å². The van der Waals surface area contributed by atoms with Crippen LogP contribution in [0.5, 0.6) is 0 Å². The second kappa shape index (κ2) is 5.61. The fraction of sp³-hybridized carbons (Fsp3) is 0.0500. The van der Waals surface area contributed by atoms with Crippen molar-refractivity contribution in [2.45, 2.75) is 6.92 Å². The molecular weight excluding hydrogens is 282 g/mol. The van der Waals surface area contributed by atoms with Gasteiger partial charge in [-0.3, -0.25) is 15.0 Å². The van der Waals surface area contributed by atoms with Gasteiger partial charge in [-0.1, -0.05) is 42.0 Å². The normalized spacial score (nSPS) is 10.8. The molecule has 0 aliphatic carbocycles. The standard InChI is InChI=1S/C20H15N3/c1-14-4-6-15(7-5-14)20-17(3-2-10-23-20)16-8-9-18-19(13-16)22-12-11-21-18/h2-13H,1H3. The van der Waals surface area contributed by atoms with Gasteiger partial charge in [0.1, 0.15) is 0 Å². The third-order valence-electron chi connectivity index (χ3n) is 3.91. The largest absolute Gasteiger partial charge is 0.256 e. The summed E-state index contributed by atoms with van der Waals surface area (Å²) in [6, 6.07) is 18.7. The lowest BCUT2D eigenvalue weighted by Crippen LogP contribution is -1.90. The quantitative estimate of drug-likeness (QED) is 0.540. The highest BCUT2D eigenvalue weighted by Crippen LogP contribution is 2.31. The Balaban J connectivity index is 1.89. The summed E-state index contributed by atoms with van der Waals surface area (Å²) >= 11 is 0. The zero-order chi connectivity index (χ0) is 15.6. The second-order valence-corrected chi connectivity index (χ2v) is 5.53. The molecule has 2 aromatic carbocycles. The van der Waals surface area contributed by atoms with E-state index in [1.165, 1.54) is 5.56 Å². The maximum atomic E-state index is 4.60. The number of rotatable bonds is 2. The summed E-state index contributed by atoms with van der Waals surface area (Å²) in [5.74, 6) is 0. The van der Waals surface area contributed by atoms with Crippen LogP contribution in [0.3, 0.4) is 0 Å². The minimum Gasteiger partial charge on any atom is -0.256 e. The Morgan fingerprint density at radius 3 is 2.22 bits per heavy atom. The average Bonchev–Trinajstić information content (AvgIpc) is 2.62. The van der Waals surface area contributed by atoms with Gasteiger partial charge in [-0.05, 0) is 30.7 Å². The van der Waals surface area contributed by atoms with E-state index < -0.39 is 0 Å². The van der Waals surface area contributed by atoms with Gasteiger partial charge in [0.15, 0.2) is 0 Å². The molecule has 0 saturated carbocycles. The molecule has 4 aromatic rings. The van der Waals surface area contributed by atoms with E-state index in [9.17, 15) is 0 Å². The van der Waals surface area contributed by atoms with Gasteiger partial charge in [-0.2, -0.15) is 0 Å². The number of aryl methyl sites for hydroxylation is 1. The highest BCUT2D eigenvalue weighted by molar-refractivity contribution is 5.86. The summed E-state index contributed by atoms with van der Waals surface area (Å²) in [6.45, 7) is 2.09. The minimum absolute atomic E-state index is 0.892. The van der Waals surface area contributed by atoms with Crippen molar-refractivity contribution in [3.05, 3.63) is 78.8 Å². The number of pyridine rings is 1. The predicted octanol–water partition coefficient (Wildman–Crippen LogP) is 4.67. The van der Waals surface area contributed by atoms with E-state index >= 15 is 0 Å². The lowest BCUT2D eigenvalue weighted by Gasteiger charge is -2.10. The Kier molecular flexibility index (Phi) is 3.31. The summed E-state index contributed by atoms with van der Waals surface area (Å²) < 4.78 is 0. The molecule has 0 fully saturated rings. The van der Waals surface area contributed by atoms with Gasteiger partial charge in [0.2, 0.25) is 0 Å². The Hall–Kier alpha value is -3.07. The van der Waals surface area contributed by atoms with Crippen LogP contribution < -0.4 is 0 Å². The summed E-state index contributed by atoms with van der Waals surface area (Å²) in [4.78, 5) is 13.3. The molecule has 0 radical (unpaired) electrons. The van der Waals surface area contributed by atoms with E-state index in [4.69, 9.17) is 0 Å². The molecule has 0 spiro atoms. The molecule has 0 aliphatic rings. The molecule has 0 aliphatic heterocycles. The molecule has 0 unspecified atom stereocenters. The fourth-order valence-corrected chi connectivity index (χ4v) is 2.71. The van der Waals surface area contributed by atoms with Crippen LogP contribution in [-0.4, -0.2) is 15.0 Å². The second-order valence-electron chi connectivity index (χ2n) is 5.53. The molecule has 23 heavy (non-hydrogen) atoms. The molecule has 2 aromatic heterocycles. The van der Waals surface area contributed by atoms with Crippen molar-refractivity contribution >= 4 is 11.0 Å². The van der Waals surface area contributed by atoms with Crippen molar-refractivity contribution < 1.29 is 0 Å². The molecule has 110 valence electrons. The smallest absolute Gasteiger partial charge is 0.0892 e. The SMILES string of the molecule is Cc1ccc(-c2ncccc2-c2ccc3nccnc3c2)cc1. The summed E-state index contributed by atoms with van der Waals surface area (Å²) in [5.41, 5.74) is 7.33. The van der Waals surface area contributed by atoms with E-state index in [1.807, 2.05) is 18.3 Å². The van der Waals surface area contributed by atoms with Gasteiger partial charge in [-0.15, -0.1) is 0 Å². The summed E-state index contributed by atoms with van der Waals surface area (Å²) in [7, 11) is 0. The first-order valence-electron chi connectivity index (χ1n) is 7.54. The van der Waals surface area contributed by atoms with Crippen LogP contribution in [0.1, 0.15) is 5.56 Å². The number of benzene rings is 2. The molecule has 2 heterocycles. The van der Waals surface area contributed by atoms with Crippen molar-refractivity contribution in [1.82, 2.24) is 15.0 Å². The van der Waals surface area contributed by atoms with Crippen molar-refractivity contribution in [2.24, 2.45) is 0 Å². The zero-order valence-electron chi connectivity index (χ0n) is 12.8. The third kappa shape index (κ3) is 2.57. The number of fused-ring (bicyclic) bond motifs is 1. The maximum Gasteiger partial charge on any atom is 0.0892 e. The van der Waals surface area contributed by atoms with E-state index in [2.05, 4.69) is 64.3 Å². The van der Waals surface area contributed by atoms with Crippen LogP contribution in [0.15, 0.2) is 73.2 Å². The summed E-state index contributed by atoms with van der Waals surface area (Å²) in [5, 5.41) is 0. The van der Waals surface area contributed by atoms with Crippen LogP contribution in [0.2, 0.25) is 0 Å². The van der Waals surface area contributed by atoms with Crippen LogP contribution in [-0.2, 0) is 0 Å². The first-order valence-corrected chi connectivity index (χ1v) is 7.54. The summed E-state index contributed by atoms with van der Waals surface area (Å²) in [6.07, 6.45) is 5.26. The van der Waals surface area contributed by atoms with Gasteiger partial charge in [0.25, 0.3) is 0 Å². The Bertz CT molecular complexity index is 975. The minimum atomic E-state index is 0.892. The molecule has 4 rings (SSSR count). The van der Waals surface area contributed by atoms with Crippen LogP contribution in [0.4, 0.5) is 0 Å². The van der Waals surface area contributed by atoms with E-state index in [-0.39, 0.29) is 0 Å². The predicted molar refractivity (Wildman–Crippen MR) is 92.9 cm³/mol. The van der Waals surface area contributed by atoms with Crippen molar-refractivity contribution in [2.75, 3.05) is 0 Å². The van der Waals surface area contributed by atoms with Gasteiger partial charge in [0.05, 0.1) is 16.7 Å². The fourth-order valence-electron chi connectivity index (χ4n) is 2.71. The van der Waals surface area contributed by atoms with Gasteiger partial charge in [-0.25, -0.2) is 0 Å². The maximum absolute atomic E-state index is 4.60. The lowest BCUT2D eigenvalue weighted by molar-refractivity contribution is 1.29. The first kappa shape index (κ1) is 13.6. The molecule has 3 nitrogen and oxygen atoms in total. The topological polar surface area (TPSA) is 38.7 Å². The number of hydrogen-bond acceptors (Lipinski definition) is 3. The van der Waals surface area contributed by atoms with Crippen LogP contribution >= 0.6 is 0 Å². The lowest BCUT2D eigenvalue weighted by atomic mass is 9.98. The van der Waals surface area contributed by atoms with Gasteiger partial charge in [0, 0.05) is 29.7 Å². The number of hydrogen-bond donors (Lipinski definition) is 0. The van der Waals surface area contributed by atoms with Crippen molar-refractivity contribution in [3.8, 4) is 22.4 Å². The third-order valence-corrected chi connectivity index (χ3v) is 3.91. The van der Waals surface area contributed by atoms with Gasteiger partial charge >= 0.3 is 0 Å². The molecule has 0 N–H and O–H groups in total. The molecule has 3 heteroatoms. The Morgan fingerprint density at radius 1 is 0.652 bits per heavy atom. The van der Waals surface area contributed by atoms with Crippen molar-refractivity contribution in [1.29, 1.82) is 0 Å². The highest BCUT2D eigenvalue weighted by Gasteiger charge is 2.09. The van der Waals surface area contributed by atoms with E-state index in [0.29, 0.717) is 0 Å². The van der Waals surface area contributed by atoms with Crippen molar-refractivity contribution in [3.63, 3.8) is 0 Å². The monoisotopic (exact) mass is 297 g/mol. The molecule has 0 saturated heterocycles. The van der Waals surface area contributed by atoms with E-state index in [1.54, 1.807) is 12.4 Å². The van der Waals surface area contributed by atoms with E-state index in [0.717, 1.165) is 33.4 Å². The average molecular weight is 297 g/mol. The Labute approximate surface area is 134 Å². The number of aromatic nitrogens is 3. The van der Waals surface area contributed by atoms with Gasteiger partial charge < -0.3 is 0 Å². The number of nitrogens with zero attached hydrogens (tertiary/aromatic N) is 3. The highest BCUT2D eigenvalue weighted by atomic mass is 14.8. The molecule has 0 amide bonds. The zero-order valence-corrected chi connectivity index (χ0v) is 12.8. The molecule has 0 atom stereocenters.